The monoisotopic (exact) mass is 460 g/mol. The maximum atomic E-state index is 13.0. The normalized spacial score (nSPS) is 12.8. The van der Waals surface area contributed by atoms with Crippen LogP contribution in [0.3, 0.4) is 0 Å². The summed E-state index contributed by atoms with van der Waals surface area (Å²) in [5, 5.41) is 1.01. The number of nitrogens with zero attached hydrogens (tertiary/aromatic N) is 3. The summed E-state index contributed by atoms with van der Waals surface area (Å²) in [5.74, 6) is 1.00. The van der Waals surface area contributed by atoms with E-state index < -0.39 is 11.7 Å². The van der Waals surface area contributed by atoms with Crippen molar-refractivity contribution >= 4 is 28.6 Å². The van der Waals surface area contributed by atoms with E-state index in [2.05, 4.69) is 10.5 Å². The van der Waals surface area contributed by atoms with Crippen LogP contribution in [0.4, 0.5) is 18.9 Å². The predicted molar refractivity (Wildman–Crippen MR) is 124 cm³/mol. The SMILES string of the molecule is CONC(=Cn1c(C)cc2cc(N=C(C)N(C)C)ccc21)COc1cccc(C(F)(F)F)c1. The van der Waals surface area contributed by atoms with Gasteiger partial charge in [-0.05, 0) is 56.3 Å². The van der Waals surface area contributed by atoms with Gasteiger partial charge in [0.05, 0.1) is 29.6 Å². The molecule has 0 aliphatic carbocycles. The van der Waals surface area contributed by atoms with Crippen molar-refractivity contribution in [2.75, 3.05) is 27.8 Å². The first-order chi connectivity index (χ1) is 15.6. The Labute approximate surface area is 190 Å². The van der Waals surface area contributed by atoms with Crippen molar-refractivity contribution in [3.8, 4) is 5.75 Å². The van der Waals surface area contributed by atoms with Crippen LogP contribution in [-0.2, 0) is 11.0 Å². The largest absolute Gasteiger partial charge is 0.487 e. The molecule has 1 N–H and O–H groups in total. The Morgan fingerprint density at radius 2 is 1.91 bits per heavy atom. The zero-order chi connectivity index (χ0) is 24.2. The average molecular weight is 461 g/mol. The lowest BCUT2D eigenvalue weighted by atomic mass is 10.2. The lowest BCUT2D eigenvalue weighted by Crippen LogP contribution is -2.18. The molecule has 0 atom stereocenters. The Balaban J connectivity index is 1.87. The quantitative estimate of drug-likeness (QED) is 0.283. The molecule has 0 aliphatic rings. The number of hydroxylamine groups is 1. The van der Waals surface area contributed by atoms with Gasteiger partial charge in [0.2, 0.25) is 0 Å². The molecule has 3 rings (SSSR count). The van der Waals surface area contributed by atoms with E-state index in [-0.39, 0.29) is 12.4 Å². The van der Waals surface area contributed by atoms with Crippen molar-refractivity contribution in [2.45, 2.75) is 20.0 Å². The molecule has 2 aromatic carbocycles. The van der Waals surface area contributed by atoms with Crippen molar-refractivity contribution in [1.82, 2.24) is 14.9 Å². The summed E-state index contributed by atoms with van der Waals surface area (Å²) in [6, 6.07) is 12.7. The lowest BCUT2D eigenvalue weighted by Gasteiger charge is -2.14. The summed E-state index contributed by atoms with van der Waals surface area (Å²) in [7, 11) is 5.33. The van der Waals surface area contributed by atoms with Crippen LogP contribution in [0, 0.1) is 6.92 Å². The van der Waals surface area contributed by atoms with Gasteiger partial charge < -0.3 is 14.2 Å². The highest BCUT2D eigenvalue weighted by Crippen LogP contribution is 2.31. The zero-order valence-corrected chi connectivity index (χ0v) is 19.2. The Hall–Kier alpha value is -3.46. The zero-order valence-electron chi connectivity index (χ0n) is 19.2. The number of halogens is 3. The molecule has 1 aromatic heterocycles. The van der Waals surface area contributed by atoms with E-state index in [1.807, 2.05) is 61.7 Å². The number of benzene rings is 2. The number of rotatable bonds is 7. The van der Waals surface area contributed by atoms with Gasteiger partial charge in [-0.3, -0.25) is 10.3 Å². The van der Waals surface area contributed by atoms with Crippen molar-refractivity contribution in [3.63, 3.8) is 0 Å². The highest BCUT2D eigenvalue weighted by molar-refractivity contribution is 5.88. The fourth-order valence-electron chi connectivity index (χ4n) is 3.19. The van der Waals surface area contributed by atoms with Gasteiger partial charge in [0.1, 0.15) is 18.2 Å². The first kappa shape index (κ1) is 24.2. The minimum absolute atomic E-state index is 0.0152. The topological polar surface area (TPSA) is 51.0 Å². The van der Waals surface area contributed by atoms with Gasteiger partial charge >= 0.3 is 6.18 Å². The average Bonchev–Trinajstić information content (AvgIpc) is 3.06. The number of hydrogen-bond acceptors (Lipinski definition) is 4. The summed E-state index contributed by atoms with van der Waals surface area (Å²) >= 11 is 0. The molecule has 0 saturated carbocycles. The minimum Gasteiger partial charge on any atom is -0.487 e. The minimum atomic E-state index is -4.43. The van der Waals surface area contributed by atoms with E-state index in [0.29, 0.717) is 5.70 Å². The molecule has 3 aromatic rings. The fourth-order valence-corrected chi connectivity index (χ4v) is 3.19. The molecule has 0 unspecified atom stereocenters. The molecule has 1 heterocycles. The fraction of sp³-hybridized carbons (Fsp3) is 0.292. The lowest BCUT2D eigenvalue weighted by molar-refractivity contribution is -0.137. The van der Waals surface area contributed by atoms with Gasteiger partial charge in [-0.25, -0.2) is 4.99 Å². The molecule has 0 saturated heterocycles. The summed E-state index contributed by atoms with van der Waals surface area (Å²) in [6.45, 7) is 3.89. The molecule has 9 heteroatoms. The molecule has 0 bridgehead atoms. The predicted octanol–water partition coefficient (Wildman–Crippen LogP) is 5.61. The van der Waals surface area contributed by atoms with Crippen LogP contribution in [-0.4, -0.2) is 43.1 Å². The first-order valence-electron chi connectivity index (χ1n) is 10.2. The Kier molecular flexibility index (Phi) is 7.33. The van der Waals surface area contributed by atoms with Crippen molar-refractivity contribution in [3.05, 3.63) is 65.5 Å². The van der Waals surface area contributed by atoms with E-state index in [1.165, 1.54) is 19.2 Å². The molecule has 33 heavy (non-hydrogen) atoms. The van der Waals surface area contributed by atoms with Gasteiger partial charge in [-0.1, -0.05) is 6.07 Å². The standard InChI is InChI=1S/C24H27F3N4O2/c1-16-11-18-12-20(28-17(2)30(3)4)9-10-23(18)31(16)14-21(29-32-5)15-33-22-8-6-7-19(13-22)24(25,26)27/h6-14,29H,15H2,1-5H3. The first-order valence-corrected chi connectivity index (χ1v) is 10.2. The van der Waals surface area contributed by atoms with E-state index >= 15 is 0 Å². The van der Waals surface area contributed by atoms with E-state index in [9.17, 15) is 13.2 Å². The number of aliphatic imine (C=N–C) groups is 1. The van der Waals surface area contributed by atoms with E-state index in [0.717, 1.165) is 40.3 Å². The van der Waals surface area contributed by atoms with Crippen molar-refractivity contribution in [1.29, 1.82) is 0 Å². The highest BCUT2D eigenvalue weighted by Gasteiger charge is 2.30. The van der Waals surface area contributed by atoms with E-state index in [1.54, 1.807) is 6.20 Å². The Morgan fingerprint density at radius 1 is 1.15 bits per heavy atom. The highest BCUT2D eigenvalue weighted by atomic mass is 19.4. The van der Waals surface area contributed by atoms with Crippen LogP contribution in [0.1, 0.15) is 18.2 Å². The van der Waals surface area contributed by atoms with Crippen LogP contribution in [0.25, 0.3) is 17.1 Å². The summed E-state index contributed by atoms with van der Waals surface area (Å²) in [5.41, 5.74) is 5.26. The number of alkyl halides is 3. The van der Waals surface area contributed by atoms with Crippen LogP contribution < -0.4 is 10.2 Å². The maximum Gasteiger partial charge on any atom is 0.416 e. The number of hydrogen-bond donors (Lipinski definition) is 1. The van der Waals surface area contributed by atoms with Gasteiger partial charge in [-0.2, -0.15) is 13.2 Å². The summed E-state index contributed by atoms with van der Waals surface area (Å²) in [6.07, 6.45) is -2.64. The molecule has 176 valence electrons. The third-order valence-electron chi connectivity index (χ3n) is 5.03. The molecule has 0 amide bonds. The molecular weight excluding hydrogens is 433 g/mol. The van der Waals surface area contributed by atoms with Crippen molar-refractivity contribution in [2.24, 2.45) is 4.99 Å². The van der Waals surface area contributed by atoms with Crippen LogP contribution in [0.2, 0.25) is 0 Å². The molecule has 0 spiro atoms. The van der Waals surface area contributed by atoms with Crippen LogP contribution >= 0.6 is 0 Å². The van der Waals surface area contributed by atoms with Crippen LogP contribution in [0.15, 0.2) is 59.2 Å². The third-order valence-corrected chi connectivity index (χ3v) is 5.03. The number of aryl methyl sites for hydroxylation is 1. The summed E-state index contributed by atoms with van der Waals surface area (Å²) in [4.78, 5) is 11.6. The number of amidine groups is 1. The molecular formula is C24H27F3N4O2. The molecule has 6 nitrogen and oxygen atoms in total. The van der Waals surface area contributed by atoms with Gasteiger partial charge in [0, 0.05) is 31.4 Å². The Morgan fingerprint density at radius 3 is 2.58 bits per heavy atom. The number of aromatic nitrogens is 1. The number of fused-ring (bicyclic) bond motifs is 1. The van der Waals surface area contributed by atoms with Crippen LogP contribution in [0.5, 0.6) is 5.75 Å². The smallest absolute Gasteiger partial charge is 0.416 e. The van der Waals surface area contributed by atoms with Gasteiger partial charge in [0.25, 0.3) is 0 Å². The second kappa shape index (κ2) is 9.99. The van der Waals surface area contributed by atoms with Crippen molar-refractivity contribution < 1.29 is 22.7 Å². The van der Waals surface area contributed by atoms with Gasteiger partial charge in [0.15, 0.2) is 0 Å². The van der Waals surface area contributed by atoms with E-state index in [4.69, 9.17) is 9.57 Å². The summed E-state index contributed by atoms with van der Waals surface area (Å²) < 4.78 is 46.4. The third kappa shape index (κ3) is 6.07. The maximum absolute atomic E-state index is 13.0. The molecule has 0 radical (unpaired) electrons. The molecule has 0 aliphatic heterocycles. The second-order valence-electron chi connectivity index (χ2n) is 7.73. The Bertz CT molecular complexity index is 1180. The molecule has 0 fully saturated rings. The van der Waals surface area contributed by atoms with Gasteiger partial charge in [-0.15, -0.1) is 0 Å². The number of ether oxygens (including phenoxy) is 1. The second-order valence-corrected chi connectivity index (χ2v) is 7.73. The number of nitrogens with one attached hydrogen (secondary N) is 1.